The van der Waals surface area contributed by atoms with Crippen molar-refractivity contribution in [3.05, 3.63) is 84.1 Å². The van der Waals surface area contributed by atoms with E-state index in [1.165, 1.54) is 0 Å². The number of fused-ring (bicyclic) bond motifs is 1. The molecule has 1 aromatic carbocycles. The average molecular weight is 354 g/mol. The van der Waals surface area contributed by atoms with Crippen LogP contribution in [0.15, 0.2) is 67.3 Å². The van der Waals surface area contributed by atoms with Crippen LogP contribution in [0.25, 0.3) is 17.0 Å². The maximum absolute atomic E-state index is 12.3. The first-order valence-electron chi connectivity index (χ1n) is 8.26. The number of hydrogen-bond acceptors (Lipinski definition) is 5. The Morgan fingerprint density at radius 2 is 2.00 bits per heavy atom. The van der Waals surface area contributed by atoms with E-state index in [0.29, 0.717) is 23.6 Å². The van der Waals surface area contributed by atoms with Gasteiger partial charge >= 0.3 is 0 Å². The van der Waals surface area contributed by atoms with Crippen LogP contribution in [-0.2, 0) is 6.54 Å². The van der Waals surface area contributed by atoms with Crippen LogP contribution in [0.5, 0.6) is 0 Å². The summed E-state index contributed by atoms with van der Waals surface area (Å²) < 4.78 is 1.80. The van der Waals surface area contributed by atoms with Crippen LogP contribution >= 0.6 is 0 Å². The number of hydrogen-bond donors (Lipinski definition) is 1. The number of pyridine rings is 1. The van der Waals surface area contributed by atoms with Gasteiger partial charge in [-0.25, -0.2) is 9.97 Å². The minimum absolute atomic E-state index is 0.274. The van der Waals surface area contributed by atoms with Crippen molar-refractivity contribution in [1.29, 1.82) is 5.26 Å². The third kappa shape index (κ3) is 3.37. The molecule has 0 spiro atoms. The summed E-state index contributed by atoms with van der Waals surface area (Å²) >= 11 is 0. The SMILES string of the molecule is N#Cc1ccc(-c2cnc3nc(C(=O)NCc4cccnc4)ccn23)cc1. The molecule has 0 bridgehead atoms. The molecule has 0 unspecified atom stereocenters. The van der Waals surface area contributed by atoms with Gasteiger partial charge < -0.3 is 5.32 Å². The van der Waals surface area contributed by atoms with Gasteiger partial charge in [0.15, 0.2) is 0 Å². The quantitative estimate of drug-likeness (QED) is 0.608. The lowest BCUT2D eigenvalue weighted by Gasteiger charge is -2.06. The van der Waals surface area contributed by atoms with Gasteiger partial charge in [0.2, 0.25) is 5.78 Å². The number of nitrogens with zero attached hydrogens (tertiary/aromatic N) is 5. The predicted molar refractivity (Wildman–Crippen MR) is 98.5 cm³/mol. The molecule has 1 amide bonds. The monoisotopic (exact) mass is 354 g/mol. The molecule has 0 aliphatic rings. The summed E-state index contributed by atoms with van der Waals surface area (Å²) in [6.45, 7) is 0.379. The van der Waals surface area contributed by atoms with Crippen LogP contribution in [0.1, 0.15) is 21.6 Å². The Morgan fingerprint density at radius 1 is 1.15 bits per heavy atom. The molecule has 0 saturated carbocycles. The number of amides is 1. The van der Waals surface area contributed by atoms with Gasteiger partial charge in [0, 0.05) is 30.7 Å². The predicted octanol–water partition coefficient (Wildman–Crippen LogP) is 2.59. The highest BCUT2D eigenvalue weighted by molar-refractivity contribution is 5.92. The Balaban J connectivity index is 1.56. The highest BCUT2D eigenvalue weighted by atomic mass is 16.1. The van der Waals surface area contributed by atoms with E-state index >= 15 is 0 Å². The highest BCUT2D eigenvalue weighted by Crippen LogP contribution is 2.20. The number of rotatable bonds is 4. The zero-order valence-corrected chi connectivity index (χ0v) is 14.2. The van der Waals surface area contributed by atoms with Crippen molar-refractivity contribution in [2.24, 2.45) is 0 Å². The fourth-order valence-corrected chi connectivity index (χ4v) is 2.70. The van der Waals surface area contributed by atoms with Crippen LogP contribution in [-0.4, -0.2) is 25.3 Å². The molecule has 3 heterocycles. The lowest BCUT2D eigenvalue weighted by atomic mass is 10.1. The molecule has 0 radical (unpaired) electrons. The maximum Gasteiger partial charge on any atom is 0.270 e. The standard InChI is InChI=1S/C20H14N6O/c21-10-14-3-5-16(6-4-14)18-13-24-20-25-17(7-9-26(18)20)19(27)23-12-15-2-1-8-22-11-15/h1-9,11,13H,12H2,(H,23,27). The number of nitriles is 1. The van der Waals surface area contributed by atoms with Crippen molar-refractivity contribution in [2.45, 2.75) is 6.54 Å². The fourth-order valence-electron chi connectivity index (χ4n) is 2.70. The second-order valence-corrected chi connectivity index (χ2v) is 5.86. The van der Waals surface area contributed by atoms with Gasteiger partial charge in [-0.3, -0.25) is 14.2 Å². The zero-order chi connectivity index (χ0) is 18.6. The van der Waals surface area contributed by atoms with Crippen LogP contribution in [0.3, 0.4) is 0 Å². The Bertz CT molecular complexity index is 1140. The summed E-state index contributed by atoms with van der Waals surface area (Å²) in [6.07, 6.45) is 6.85. The van der Waals surface area contributed by atoms with Crippen molar-refractivity contribution >= 4 is 11.7 Å². The van der Waals surface area contributed by atoms with E-state index in [1.807, 2.05) is 24.3 Å². The summed E-state index contributed by atoms with van der Waals surface area (Å²) in [5.41, 5.74) is 3.55. The van der Waals surface area contributed by atoms with Gasteiger partial charge in [0.05, 0.1) is 23.5 Å². The van der Waals surface area contributed by atoms with Gasteiger partial charge in [-0.1, -0.05) is 18.2 Å². The van der Waals surface area contributed by atoms with Crippen LogP contribution < -0.4 is 5.32 Å². The lowest BCUT2D eigenvalue weighted by molar-refractivity contribution is 0.0946. The zero-order valence-electron chi connectivity index (χ0n) is 14.2. The topological polar surface area (TPSA) is 96.0 Å². The highest BCUT2D eigenvalue weighted by Gasteiger charge is 2.12. The van der Waals surface area contributed by atoms with E-state index in [9.17, 15) is 4.79 Å². The molecule has 0 aliphatic carbocycles. The third-order valence-electron chi connectivity index (χ3n) is 4.10. The van der Waals surface area contributed by atoms with E-state index < -0.39 is 0 Å². The third-order valence-corrected chi connectivity index (χ3v) is 4.10. The molecule has 27 heavy (non-hydrogen) atoms. The van der Waals surface area contributed by atoms with E-state index in [-0.39, 0.29) is 5.91 Å². The summed E-state index contributed by atoms with van der Waals surface area (Å²) in [5, 5.41) is 11.7. The second-order valence-electron chi connectivity index (χ2n) is 5.86. The number of carbonyl (C=O) groups is 1. The second kappa shape index (κ2) is 7.06. The van der Waals surface area contributed by atoms with E-state index in [2.05, 4.69) is 26.3 Å². The lowest BCUT2D eigenvalue weighted by Crippen LogP contribution is -2.24. The number of nitrogens with one attached hydrogen (secondary N) is 1. The molecule has 1 N–H and O–H groups in total. The molecule has 3 aromatic heterocycles. The smallest absolute Gasteiger partial charge is 0.270 e. The van der Waals surface area contributed by atoms with Crippen molar-refractivity contribution in [3.8, 4) is 17.3 Å². The van der Waals surface area contributed by atoms with E-state index in [4.69, 9.17) is 5.26 Å². The van der Waals surface area contributed by atoms with Gasteiger partial charge in [0.25, 0.3) is 5.91 Å². The fraction of sp³-hybridized carbons (Fsp3) is 0.0500. The van der Waals surface area contributed by atoms with Crippen molar-refractivity contribution in [3.63, 3.8) is 0 Å². The molecule has 7 heteroatoms. The molecule has 4 aromatic rings. The van der Waals surface area contributed by atoms with Crippen molar-refractivity contribution in [2.75, 3.05) is 0 Å². The minimum atomic E-state index is -0.274. The van der Waals surface area contributed by atoms with Crippen LogP contribution in [0, 0.1) is 11.3 Å². The maximum atomic E-state index is 12.3. The first kappa shape index (κ1) is 16.4. The van der Waals surface area contributed by atoms with Crippen molar-refractivity contribution < 1.29 is 4.79 Å². The molecule has 0 atom stereocenters. The summed E-state index contributed by atoms with van der Waals surface area (Å²) in [4.78, 5) is 25.0. The Morgan fingerprint density at radius 3 is 2.74 bits per heavy atom. The molecule has 0 saturated heterocycles. The van der Waals surface area contributed by atoms with Gasteiger partial charge in [-0.05, 0) is 29.8 Å². The van der Waals surface area contributed by atoms with Crippen LogP contribution in [0.2, 0.25) is 0 Å². The van der Waals surface area contributed by atoms with Crippen LogP contribution in [0.4, 0.5) is 0 Å². The minimum Gasteiger partial charge on any atom is -0.347 e. The number of carbonyl (C=O) groups excluding carboxylic acids is 1. The first-order chi connectivity index (χ1) is 13.2. The average Bonchev–Trinajstić information content (AvgIpc) is 3.16. The summed E-state index contributed by atoms with van der Waals surface area (Å²) in [5.74, 6) is 0.160. The Kier molecular flexibility index (Phi) is 4.29. The molecule has 130 valence electrons. The first-order valence-corrected chi connectivity index (χ1v) is 8.26. The van der Waals surface area contributed by atoms with Gasteiger partial charge in [-0.15, -0.1) is 0 Å². The number of benzene rings is 1. The van der Waals surface area contributed by atoms with E-state index in [1.54, 1.807) is 47.4 Å². The summed E-state index contributed by atoms with van der Waals surface area (Å²) in [7, 11) is 0. The summed E-state index contributed by atoms with van der Waals surface area (Å²) in [6, 6.07) is 14.7. The molecule has 0 fully saturated rings. The molecular weight excluding hydrogens is 340 g/mol. The van der Waals surface area contributed by atoms with Gasteiger partial charge in [0.1, 0.15) is 5.69 Å². The van der Waals surface area contributed by atoms with E-state index in [0.717, 1.165) is 16.8 Å². The Hall–Kier alpha value is -4.05. The molecule has 0 aliphatic heterocycles. The largest absolute Gasteiger partial charge is 0.347 e. The molecule has 7 nitrogen and oxygen atoms in total. The normalized spacial score (nSPS) is 10.5. The molecular formula is C20H14N6O. The van der Waals surface area contributed by atoms with Gasteiger partial charge in [-0.2, -0.15) is 5.26 Å². The number of imidazole rings is 1. The van der Waals surface area contributed by atoms with Crippen molar-refractivity contribution in [1.82, 2.24) is 24.7 Å². The molecule has 4 rings (SSSR count). The Labute approximate surface area is 155 Å². The number of aromatic nitrogens is 4.